The molecule has 0 bridgehead atoms. The minimum atomic E-state index is -0.758. The number of ether oxygens (including phenoxy) is 3. The monoisotopic (exact) mass is 723 g/mol. The van der Waals surface area contributed by atoms with Gasteiger partial charge < -0.3 is 14.2 Å². The molecular weight excluding hydrogens is 636 g/mol. The highest BCUT2D eigenvalue weighted by atomic mass is 16.6. The van der Waals surface area contributed by atoms with E-state index in [9.17, 15) is 14.4 Å². The molecule has 6 heteroatoms. The van der Waals surface area contributed by atoms with E-state index in [2.05, 4.69) is 27.7 Å². The van der Waals surface area contributed by atoms with E-state index in [1.807, 2.05) is 0 Å². The normalized spacial score (nSPS) is 11.9. The number of carbonyl (C=O) groups is 3. The fourth-order valence-electron chi connectivity index (χ4n) is 6.63. The first-order valence-electron chi connectivity index (χ1n) is 22.4. The summed E-state index contributed by atoms with van der Waals surface area (Å²) >= 11 is 0. The third-order valence-electron chi connectivity index (χ3n) is 10.0. The summed E-state index contributed by atoms with van der Waals surface area (Å²) < 4.78 is 16.7. The highest BCUT2D eigenvalue weighted by Gasteiger charge is 2.19. The number of hydrogen-bond acceptors (Lipinski definition) is 6. The molecule has 0 unspecified atom stereocenters. The molecule has 0 aromatic carbocycles. The van der Waals surface area contributed by atoms with Gasteiger partial charge >= 0.3 is 17.9 Å². The number of unbranched alkanes of at least 4 members (excludes halogenated alkanes) is 27. The summed E-state index contributed by atoms with van der Waals surface area (Å²) in [5.41, 5.74) is 0. The largest absolute Gasteiger partial charge is 0.462 e. The average molecular weight is 723 g/mol. The zero-order chi connectivity index (χ0) is 37.5. The minimum Gasteiger partial charge on any atom is -0.462 e. The summed E-state index contributed by atoms with van der Waals surface area (Å²) in [4.78, 5) is 37.6. The lowest BCUT2D eigenvalue weighted by Crippen LogP contribution is -2.30. The van der Waals surface area contributed by atoms with Crippen LogP contribution < -0.4 is 0 Å². The first kappa shape index (κ1) is 49.4. The Bertz CT molecular complexity index is 766. The molecule has 0 saturated heterocycles. The van der Waals surface area contributed by atoms with Crippen LogP contribution in [0.2, 0.25) is 0 Å². The molecular formula is C45H86O6. The topological polar surface area (TPSA) is 78.9 Å². The molecule has 0 aliphatic carbocycles. The Balaban J connectivity index is 4.34. The number of esters is 3. The molecule has 0 aliphatic heterocycles. The van der Waals surface area contributed by atoms with Crippen molar-refractivity contribution in [3.8, 4) is 0 Å². The summed E-state index contributed by atoms with van der Waals surface area (Å²) in [5, 5.41) is 0. The molecule has 0 heterocycles. The molecule has 302 valence electrons. The fourth-order valence-corrected chi connectivity index (χ4v) is 6.63. The maximum Gasteiger partial charge on any atom is 0.306 e. The predicted octanol–water partition coefficient (Wildman–Crippen LogP) is 13.9. The van der Waals surface area contributed by atoms with E-state index < -0.39 is 6.10 Å². The van der Waals surface area contributed by atoms with Gasteiger partial charge in [0.2, 0.25) is 0 Å². The van der Waals surface area contributed by atoms with E-state index in [0.717, 1.165) is 63.7 Å². The second-order valence-electron chi connectivity index (χ2n) is 15.8. The Labute approximate surface area is 317 Å². The Morgan fingerprint density at radius 1 is 0.373 bits per heavy atom. The maximum absolute atomic E-state index is 12.7. The molecule has 0 aromatic heterocycles. The Morgan fingerprint density at radius 3 is 0.961 bits per heavy atom. The molecule has 0 rings (SSSR count). The van der Waals surface area contributed by atoms with E-state index in [4.69, 9.17) is 14.2 Å². The number of carbonyl (C=O) groups excluding carboxylic acids is 3. The van der Waals surface area contributed by atoms with Gasteiger partial charge in [-0.3, -0.25) is 14.4 Å². The second kappa shape index (κ2) is 39.6. The van der Waals surface area contributed by atoms with Gasteiger partial charge in [-0.2, -0.15) is 0 Å². The van der Waals surface area contributed by atoms with Gasteiger partial charge in [0.1, 0.15) is 13.2 Å². The van der Waals surface area contributed by atoms with Crippen molar-refractivity contribution in [2.45, 2.75) is 252 Å². The van der Waals surface area contributed by atoms with Crippen molar-refractivity contribution in [3.05, 3.63) is 0 Å². The van der Waals surface area contributed by atoms with E-state index in [1.54, 1.807) is 0 Å². The van der Waals surface area contributed by atoms with Crippen molar-refractivity contribution in [1.29, 1.82) is 0 Å². The molecule has 0 saturated carbocycles. The van der Waals surface area contributed by atoms with Gasteiger partial charge in [0.25, 0.3) is 0 Å². The lowest BCUT2D eigenvalue weighted by Gasteiger charge is -2.18. The summed E-state index contributed by atoms with van der Waals surface area (Å²) in [6.45, 7) is 8.95. The third kappa shape index (κ3) is 39.5. The van der Waals surface area contributed by atoms with Gasteiger partial charge in [-0.15, -0.1) is 0 Å². The first-order chi connectivity index (χ1) is 24.9. The average Bonchev–Trinajstić information content (AvgIpc) is 3.11. The second-order valence-corrected chi connectivity index (χ2v) is 15.8. The van der Waals surface area contributed by atoms with Crippen LogP contribution >= 0.6 is 0 Å². The molecule has 0 aromatic rings. The van der Waals surface area contributed by atoms with Gasteiger partial charge in [-0.1, -0.05) is 207 Å². The van der Waals surface area contributed by atoms with Gasteiger partial charge in [-0.25, -0.2) is 0 Å². The van der Waals surface area contributed by atoms with Crippen LogP contribution in [-0.4, -0.2) is 37.2 Å². The molecule has 6 nitrogen and oxygen atoms in total. The molecule has 0 amide bonds. The van der Waals surface area contributed by atoms with E-state index in [0.29, 0.717) is 19.3 Å². The standard InChI is InChI=1S/C45H86O6/c1-5-7-9-11-13-15-17-21-25-29-33-37-44(47)50-40-42(39-49-43(46)36-32-28-24-20-16-14-12-10-8-6-2)51-45(48)38-34-30-26-22-18-19-23-27-31-35-41(3)4/h41-42H,5-40H2,1-4H3/t42-/m0/s1. The molecule has 0 aliphatic rings. The molecule has 1 atom stereocenters. The summed E-state index contributed by atoms with van der Waals surface area (Å²) in [7, 11) is 0. The van der Waals surface area contributed by atoms with Crippen molar-refractivity contribution in [1.82, 2.24) is 0 Å². The first-order valence-corrected chi connectivity index (χ1v) is 22.4. The molecule has 0 spiro atoms. The zero-order valence-electron chi connectivity index (χ0n) is 34.6. The van der Waals surface area contributed by atoms with E-state index >= 15 is 0 Å². The van der Waals surface area contributed by atoms with Crippen LogP contribution in [0.3, 0.4) is 0 Å². The van der Waals surface area contributed by atoms with E-state index in [-0.39, 0.29) is 31.1 Å². The van der Waals surface area contributed by atoms with Crippen LogP contribution in [-0.2, 0) is 28.6 Å². The Morgan fingerprint density at radius 2 is 0.647 bits per heavy atom. The maximum atomic E-state index is 12.7. The number of rotatable bonds is 40. The van der Waals surface area contributed by atoms with Crippen LogP contribution in [0.5, 0.6) is 0 Å². The lowest BCUT2D eigenvalue weighted by atomic mass is 10.0. The number of hydrogen-bond donors (Lipinski definition) is 0. The minimum absolute atomic E-state index is 0.0642. The van der Waals surface area contributed by atoms with Crippen molar-refractivity contribution in [2.24, 2.45) is 5.92 Å². The van der Waals surface area contributed by atoms with E-state index in [1.165, 1.54) is 141 Å². The molecule has 0 N–H and O–H groups in total. The van der Waals surface area contributed by atoms with Crippen LogP contribution in [0.4, 0.5) is 0 Å². The molecule has 0 radical (unpaired) electrons. The Hall–Kier alpha value is -1.59. The summed E-state index contributed by atoms with van der Waals surface area (Å²) in [6.07, 6.45) is 38.0. The SMILES string of the molecule is CCCCCCCCCCCCCC(=O)OC[C@H](COC(=O)CCCCCCCCCCCC)OC(=O)CCCCCCCCCCCC(C)C. The van der Waals surface area contributed by atoms with Gasteiger partial charge in [0.15, 0.2) is 6.10 Å². The predicted molar refractivity (Wildman–Crippen MR) is 215 cm³/mol. The van der Waals surface area contributed by atoms with Crippen molar-refractivity contribution < 1.29 is 28.6 Å². The molecule has 51 heavy (non-hydrogen) atoms. The van der Waals surface area contributed by atoms with Crippen LogP contribution in [0, 0.1) is 5.92 Å². The summed E-state index contributed by atoms with van der Waals surface area (Å²) in [5.74, 6) is -0.0519. The van der Waals surface area contributed by atoms with Crippen LogP contribution in [0.15, 0.2) is 0 Å². The summed E-state index contributed by atoms with van der Waals surface area (Å²) in [6, 6.07) is 0. The van der Waals surface area contributed by atoms with Gasteiger partial charge in [-0.05, 0) is 25.2 Å². The van der Waals surface area contributed by atoms with Gasteiger partial charge in [0, 0.05) is 19.3 Å². The van der Waals surface area contributed by atoms with Gasteiger partial charge in [0.05, 0.1) is 0 Å². The highest BCUT2D eigenvalue weighted by molar-refractivity contribution is 5.71. The van der Waals surface area contributed by atoms with Crippen molar-refractivity contribution in [2.75, 3.05) is 13.2 Å². The van der Waals surface area contributed by atoms with Crippen LogP contribution in [0.25, 0.3) is 0 Å². The quantitative estimate of drug-likeness (QED) is 0.0356. The fraction of sp³-hybridized carbons (Fsp3) is 0.933. The highest BCUT2D eigenvalue weighted by Crippen LogP contribution is 2.16. The lowest BCUT2D eigenvalue weighted by molar-refractivity contribution is -0.167. The smallest absolute Gasteiger partial charge is 0.306 e. The zero-order valence-corrected chi connectivity index (χ0v) is 34.6. The Kier molecular flexibility index (Phi) is 38.4. The van der Waals surface area contributed by atoms with Crippen LogP contribution in [0.1, 0.15) is 246 Å². The molecule has 0 fully saturated rings. The third-order valence-corrected chi connectivity index (χ3v) is 10.0. The van der Waals surface area contributed by atoms with Crippen molar-refractivity contribution >= 4 is 17.9 Å². The van der Waals surface area contributed by atoms with Crippen molar-refractivity contribution in [3.63, 3.8) is 0 Å².